The number of carbonyl (C=O) groups is 2. The van der Waals surface area contributed by atoms with E-state index in [2.05, 4.69) is 4.74 Å². The van der Waals surface area contributed by atoms with E-state index >= 15 is 0 Å². The Morgan fingerprint density at radius 2 is 1.79 bits per heavy atom. The molecule has 0 saturated heterocycles. The van der Waals surface area contributed by atoms with Gasteiger partial charge in [-0.1, -0.05) is 20.8 Å². The minimum absolute atomic E-state index is 0.0440. The van der Waals surface area contributed by atoms with Gasteiger partial charge in [0.1, 0.15) is 5.75 Å². The van der Waals surface area contributed by atoms with Gasteiger partial charge in [0, 0.05) is 12.5 Å². The van der Waals surface area contributed by atoms with E-state index in [4.69, 9.17) is 14.2 Å². The van der Waals surface area contributed by atoms with Crippen LogP contribution in [0.15, 0.2) is 18.2 Å². The predicted octanol–water partition coefficient (Wildman–Crippen LogP) is 2.44. The summed E-state index contributed by atoms with van der Waals surface area (Å²) in [4.78, 5) is 25.1. The van der Waals surface area contributed by atoms with Crippen LogP contribution in [0.3, 0.4) is 0 Å². The summed E-state index contributed by atoms with van der Waals surface area (Å²) in [6.45, 7) is 4.85. The normalized spacial score (nSPS) is 16.8. The van der Waals surface area contributed by atoms with Gasteiger partial charge in [0.05, 0.1) is 17.8 Å². The van der Waals surface area contributed by atoms with Gasteiger partial charge >= 0.3 is 6.36 Å². The van der Waals surface area contributed by atoms with Crippen molar-refractivity contribution in [1.82, 2.24) is 0 Å². The lowest BCUT2D eigenvalue weighted by Crippen LogP contribution is -2.39. The first-order valence-corrected chi connectivity index (χ1v) is 8.53. The largest absolute Gasteiger partial charge is 0.573 e. The maximum absolute atomic E-state index is 12.3. The Morgan fingerprint density at radius 1 is 1.14 bits per heavy atom. The fourth-order valence-electron chi connectivity index (χ4n) is 2.72. The number of Topliss-reactive ketones (excluding diaryl/α,β-unsaturated/α-hetero) is 1. The number of hydrogen-bond donors (Lipinski definition) is 1. The molecule has 29 heavy (non-hydrogen) atoms. The summed E-state index contributed by atoms with van der Waals surface area (Å²) in [7, 11) is 1.45. The van der Waals surface area contributed by atoms with Gasteiger partial charge in [-0.2, -0.15) is 0 Å². The van der Waals surface area contributed by atoms with Crippen molar-refractivity contribution in [1.29, 1.82) is 0 Å². The Bertz CT molecular complexity index is 761. The van der Waals surface area contributed by atoms with Crippen molar-refractivity contribution in [3.05, 3.63) is 23.8 Å². The second-order valence-corrected chi connectivity index (χ2v) is 7.31. The van der Waals surface area contributed by atoms with Crippen LogP contribution in [0.1, 0.15) is 31.1 Å². The fourth-order valence-corrected chi connectivity index (χ4v) is 2.72. The first-order chi connectivity index (χ1) is 13.3. The summed E-state index contributed by atoms with van der Waals surface area (Å²) in [6.07, 6.45) is -7.06. The number of amides is 1. The Hall–Kier alpha value is -2.21. The van der Waals surface area contributed by atoms with Gasteiger partial charge in [-0.25, -0.2) is 0 Å². The van der Waals surface area contributed by atoms with E-state index in [-0.39, 0.29) is 23.5 Å². The highest BCUT2D eigenvalue weighted by atomic mass is 19.4. The van der Waals surface area contributed by atoms with Crippen LogP contribution in [0.25, 0.3) is 0 Å². The molecule has 1 heterocycles. The van der Waals surface area contributed by atoms with Crippen molar-refractivity contribution in [2.24, 2.45) is 5.41 Å². The molecule has 0 fully saturated rings. The fraction of sp³-hybridized carbons (Fsp3) is 0.556. The molecular weight excluding hydrogens is 399 g/mol. The van der Waals surface area contributed by atoms with Gasteiger partial charge in [-0.05, 0) is 18.2 Å². The van der Waals surface area contributed by atoms with Crippen LogP contribution in [0.4, 0.5) is 18.9 Å². The number of alkyl halides is 3. The Kier molecular flexibility index (Phi) is 6.89. The number of ether oxygens (including phenoxy) is 4. The van der Waals surface area contributed by atoms with Crippen molar-refractivity contribution in [3.63, 3.8) is 0 Å². The number of fused-ring (bicyclic) bond motifs is 1. The third kappa shape index (κ3) is 5.89. The molecule has 1 N–H and O–H groups in total. The van der Waals surface area contributed by atoms with Crippen molar-refractivity contribution in [2.75, 3.05) is 25.3 Å². The molecule has 11 heteroatoms. The number of β-amino-alcohol motifs (C(OH)–C–C–N with tert-alkyl or cyclic N) is 1. The molecule has 0 spiro atoms. The smallest absolute Gasteiger partial charge is 0.406 e. The zero-order valence-electron chi connectivity index (χ0n) is 16.3. The average molecular weight is 421 g/mol. The number of anilines is 1. The Labute approximate surface area is 165 Å². The van der Waals surface area contributed by atoms with Crippen molar-refractivity contribution < 1.29 is 46.8 Å². The van der Waals surface area contributed by atoms with E-state index in [0.717, 1.165) is 23.1 Å². The summed E-state index contributed by atoms with van der Waals surface area (Å²) in [5, 5.41) is 10.0. The van der Waals surface area contributed by atoms with Crippen LogP contribution in [0.2, 0.25) is 0 Å². The van der Waals surface area contributed by atoms with Crippen LogP contribution in [0, 0.1) is 5.41 Å². The lowest BCUT2D eigenvalue weighted by Gasteiger charge is -2.29. The van der Waals surface area contributed by atoms with E-state index in [1.54, 1.807) is 0 Å². The summed E-state index contributed by atoms with van der Waals surface area (Å²) < 4.78 is 56.4. The second kappa shape index (κ2) is 8.66. The minimum atomic E-state index is -4.93. The Morgan fingerprint density at radius 3 is 2.34 bits per heavy atom. The minimum Gasteiger partial charge on any atom is -0.406 e. The van der Waals surface area contributed by atoms with Crippen LogP contribution >= 0.6 is 0 Å². The van der Waals surface area contributed by atoms with E-state index < -0.39 is 42.9 Å². The van der Waals surface area contributed by atoms with Gasteiger partial charge < -0.3 is 24.1 Å². The zero-order chi connectivity index (χ0) is 22.0. The third-order valence-corrected chi connectivity index (χ3v) is 3.92. The van der Waals surface area contributed by atoms with Gasteiger partial charge in [0.2, 0.25) is 0 Å². The highest BCUT2D eigenvalue weighted by molar-refractivity contribution is 6.52. The van der Waals surface area contributed by atoms with Crippen molar-refractivity contribution in [3.8, 4) is 5.75 Å². The number of benzene rings is 1. The zero-order valence-corrected chi connectivity index (χ0v) is 16.3. The summed E-state index contributed by atoms with van der Waals surface area (Å²) in [5.74, 6) is -2.64. The molecule has 2 unspecified atom stereocenters. The molecule has 0 aliphatic carbocycles. The topological polar surface area (TPSA) is 94.5 Å². The van der Waals surface area contributed by atoms with E-state index in [1.165, 1.54) is 7.11 Å². The number of hydrogen-bond acceptors (Lipinski definition) is 7. The van der Waals surface area contributed by atoms with Crippen LogP contribution in [-0.4, -0.2) is 56.2 Å². The molecule has 1 aromatic rings. The number of rotatable bonds is 8. The van der Waals surface area contributed by atoms with E-state index in [0.29, 0.717) is 0 Å². The number of ketones is 1. The molecule has 0 bridgehead atoms. The lowest BCUT2D eigenvalue weighted by atomic mass is 9.96. The third-order valence-electron chi connectivity index (χ3n) is 3.92. The van der Waals surface area contributed by atoms with Gasteiger partial charge in [-0.15, -0.1) is 13.2 Å². The number of methoxy groups -OCH3 is 1. The van der Waals surface area contributed by atoms with E-state index in [9.17, 15) is 27.9 Å². The van der Waals surface area contributed by atoms with Gasteiger partial charge in [0.25, 0.3) is 11.7 Å². The first kappa shape index (κ1) is 23.1. The molecule has 8 nitrogen and oxygen atoms in total. The number of carbonyl (C=O) groups excluding carboxylic acids is 2. The lowest BCUT2D eigenvalue weighted by molar-refractivity contribution is -0.274. The molecule has 1 aliphatic heterocycles. The number of halogens is 3. The SMILES string of the molecule is COC(OCOC(O)CN1C(=O)C(=O)c2cc(OC(F)(F)F)ccc21)C(C)(C)C. The highest BCUT2D eigenvalue weighted by Gasteiger charge is 2.38. The molecule has 0 saturated carbocycles. The summed E-state index contributed by atoms with van der Waals surface area (Å²) in [6, 6.07) is 2.92. The summed E-state index contributed by atoms with van der Waals surface area (Å²) >= 11 is 0. The molecule has 0 aromatic heterocycles. The number of nitrogens with zero attached hydrogens (tertiary/aromatic N) is 1. The van der Waals surface area contributed by atoms with Crippen LogP contribution in [0.5, 0.6) is 5.75 Å². The summed E-state index contributed by atoms with van der Waals surface area (Å²) in [5.41, 5.74) is -0.565. The monoisotopic (exact) mass is 421 g/mol. The molecule has 2 rings (SSSR count). The predicted molar refractivity (Wildman–Crippen MR) is 93.1 cm³/mol. The van der Waals surface area contributed by atoms with Crippen LogP contribution < -0.4 is 9.64 Å². The van der Waals surface area contributed by atoms with E-state index in [1.807, 2.05) is 20.8 Å². The molecular formula is C18H22F3NO7. The molecule has 162 valence electrons. The van der Waals surface area contributed by atoms with Crippen molar-refractivity contribution >= 4 is 17.4 Å². The Balaban J connectivity index is 2.02. The van der Waals surface area contributed by atoms with Gasteiger partial charge in [0.15, 0.2) is 19.4 Å². The first-order valence-electron chi connectivity index (χ1n) is 8.53. The molecule has 0 radical (unpaired) electrons. The standard InChI is InChI=1S/C18H22F3NO7/c1-17(2,3)16(26-4)28-9-27-13(23)8-22-12-6-5-10(29-18(19,20)21)7-11(12)14(24)15(22)25/h5-7,13,16,23H,8-9H2,1-4H3. The molecule has 2 atom stereocenters. The highest BCUT2D eigenvalue weighted by Crippen LogP contribution is 2.34. The molecule has 1 aliphatic rings. The average Bonchev–Trinajstić information content (AvgIpc) is 2.81. The second-order valence-electron chi connectivity index (χ2n) is 7.31. The molecule has 1 amide bonds. The van der Waals surface area contributed by atoms with Gasteiger partial charge in [-0.3, -0.25) is 14.5 Å². The number of aliphatic hydroxyl groups excluding tert-OH is 1. The van der Waals surface area contributed by atoms with Crippen LogP contribution in [-0.2, 0) is 19.0 Å². The quantitative estimate of drug-likeness (QED) is 0.509. The molecule has 1 aromatic carbocycles. The van der Waals surface area contributed by atoms with Crippen molar-refractivity contribution in [2.45, 2.75) is 39.7 Å². The maximum Gasteiger partial charge on any atom is 0.573 e. The maximum atomic E-state index is 12.3. The number of aliphatic hydroxyl groups is 1.